The summed E-state index contributed by atoms with van der Waals surface area (Å²) in [6.45, 7) is 9.92. The van der Waals surface area contributed by atoms with Gasteiger partial charge in [-0.15, -0.1) is 0 Å². The number of morpholine rings is 1. The SMILES string of the molecule is CCNC(=NCc1ccc(OCc2ccccc2)cc1)NCC(C)(O)CN1CCOCC1. The van der Waals surface area contributed by atoms with E-state index in [1.165, 1.54) is 0 Å². The molecule has 0 aromatic heterocycles. The third-order valence-corrected chi connectivity index (χ3v) is 5.24. The Morgan fingerprint density at radius 1 is 1.06 bits per heavy atom. The summed E-state index contributed by atoms with van der Waals surface area (Å²) in [6, 6.07) is 18.1. The second kappa shape index (κ2) is 12.4. The van der Waals surface area contributed by atoms with Gasteiger partial charge in [0.05, 0.1) is 25.4 Å². The molecule has 0 aliphatic carbocycles. The lowest BCUT2D eigenvalue weighted by molar-refractivity contribution is -0.0201. The fourth-order valence-electron chi connectivity index (χ4n) is 3.52. The lowest BCUT2D eigenvalue weighted by Gasteiger charge is -2.34. The molecule has 1 atom stereocenters. The number of rotatable bonds is 10. The Labute approximate surface area is 191 Å². The number of aliphatic imine (C=N–C) groups is 1. The molecule has 1 heterocycles. The molecule has 1 aliphatic rings. The Morgan fingerprint density at radius 2 is 1.78 bits per heavy atom. The molecular formula is C25H36N4O3. The third kappa shape index (κ3) is 8.49. The minimum absolute atomic E-state index is 0.419. The van der Waals surface area contributed by atoms with Crippen molar-refractivity contribution in [2.45, 2.75) is 32.6 Å². The average Bonchev–Trinajstić information content (AvgIpc) is 2.81. The first-order valence-electron chi connectivity index (χ1n) is 11.3. The first-order valence-corrected chi connectivity index (χ1v) is 11.3. The van der Waals surface area contributed by atoms with Gasteiger partial charge in [0.15, 0.2) is 5.96 Å². The van der Waals surface area contributed by atoms with Crippen LogP contribution in [0.25, 0.3) is 0 Å². The minimum Gasteiger partial charge on any atom is -0.489 e. The molecule has 1 unspecified atom stereocenters. The molecule has 1 saturated heterocycles. The second-order valence-corrected chi connectivity index (χ2v) is 8.35. The summed E-state index contributed by atoms with van der Waals surface area (Å²) in [5, 5.41) is 17.3. The molecule has 7 nitrogen and oxygen atoms in total. The maximum Gasteiger partial charge on any atom is 0.191 e. The topological polar surface area (TPSA) is 78.4 Å². The lowest BCUT2D eigenvalue weighted by atomic mass is 10.1. The number of hydrogen-bond donors (Lipinski definition) is 3. The Balaban J connectivity index is 1.48. The molecule has 174 valence electrons. The molecule has 0 spiro atoms. The number of guanidine groups is 1. The summed E-state index contributed by atoms with van der Waals surface area (Å²) in [5.74, 6) is 1.53. The molecule has 7 heteroatoms. The smallest absolute Gasteiger partial charge is 0.191 e. The molecule has 3 N–H and O–H groups in total. The van der Waals surface area contributed by atoms with Crippen LogP contribution >= 0.6 is 0 Å². The van der Waals surface area contributed by atoms with Crippen LogP contribution < -0.4 is 15.4 Å². The van der Waals surface area contributed by atoms with Gasteiger partial charge in [-0.25, -0.2) is 4.99 Å². The number of benzene rings is 2. The molecular weight excluding hydrogens is 404 g/mol. The molecule has 32 heavy (non-hydrogen) atoms. The highest BCUT2D eigenvalue weighted by Gasteiger charge is 2.25. The van der Waals surface area contributed by atoms with Gasteiger partial charge in [-0.05, 0) is 37.1 Å². The van der Waals surface area contributed by atoms with Crippen LogP contribution in [0.15, 0.2) is 59.6 Å². The number of aliphatic hydroxyl groups is 1. The van der Waals surface area contributed by atoms with E-state index >= 15 is 0 Å². The van der Waals surface area contributed by atoms with E-state index in [9.17, 15) is 5.11 Å². The van der Waals surface area contributed by atoms with Crippen molar-refractivity contribution in [3.05, 3.63) is 65.7 Å². The Bertz CT molecular complexity index is 819. The van der Waals surface area contributed by atoms with Crippen LogP contribution in [0.4, 0.5) is 0 Å². The predicted molar refractivity (Wildman–Crippen MR) is 128 cm³/mol. The van der Waals surface area contributed by atoms with Crippen LogP contribution in [-0.2, 0) is 17.9 Å². The quantitative estimate of drug-likeness (QED) is 0.389. The van der Waals surface area contributed by atoms with Crippen LogP contribution in [0.5, 0.6) is 5.75 Å². The first kappa shape index (κ1) is 24.0. The van der Waals surface area contributed by atoms with E-state index in [0.717, 1.165) is 49.7 Å². The van der Waals surface area contributed by atoms with E-state index < -0.39 is 5.60 Å². The van der Waals surface area contributed by atoms with Crippen molar-refractivity contribution in [1.82, 2.24) is 15.5 Å². The van der Waals surface area contributed by atoms with Crippen molar-refractivity contribution >= 4 is 5.96 Å². The van der Waals surface area contributed by atoms with Gasteiger partial charge in [-0.3, -0.25) is 4.90 Å². The number of β-amino-alcohol motifs (C(OH)–C–C–N with tert-alkyl or cyclic N) is 1. The van der Waals surface area contributed by atoms with Gasteiger partial charge >= 0.3 is 0 Å². The summed E-state index contributed by atoms with van der Waals surface area (Å²) in [5.41, 5.74) is 1.38. The standard InChI is InChI=1S/C25H36N4O3/c1-3-26-24(28-19-25(2,30)20-29-13-15-31-16-14-29)27-17-21-9-11-23(12-10-21)32-18-22-7-5-4-6-8-22/h4-12,30H,3,13-20H2,1-2H3,(H2,26,27,28). The molecule has 0 radical (unpaired) electrons. The highest BCUT2D eigenvalue weighted by molar-refractivity contribution is 5.79. The zero-order valence-corrected chi connectivity index (χ0v) is 19.2. The van der Waals surface area contributed by atoms with Gasteiger partial charge < -0.3 is 25.2 Å². The number of hydrogen-bond acceptors (Lipinski definition) is 5. The molecule has 0 saturated carbocycles. The monoisotopic (exact) mass is 440 g/mol. The summed E-state index contributed by atoms with van der Waals surface area (Å²) >= 11 is 0. The van der Waals surface area contributed by atoms with E-state index in [4.69, 9.17) is 9.47 Å². The second-order valence-electron chi connectivity index (χ2n) is 8.35. The Morgan fingerprint density at radius 3 is 2.47 bits per heavy atom. The third-order valence-electron chi connectivity index (χ3n) is 5.24. The van der Waals surface area contributed by atoms with Gasteiger partial charge in [0, 0.05) is 32.7 Å². The molecule has 2 aromatic rings. The molecule has 3 rings (SSSR count). The average molecular weight is 441 g/mol. The zero-order valence-electron chi connectivity index (χ0n) is 19.2. The van der Waals surface area contributed by atoms with Crippen molar-refractivity contribution in [1.29, 1.82) is 0 Å². The van der Waals surface area contributed by atoms with E-state index in [0.29, 0.717) is 32.2 Å². The highest BCUT2D eigenvalue weighted by atomic mass is 16.5. The van der Waals surface area contributed by atoms with Crippen molar-refractivity contribution < 1.29 is 14.6 Å². The highest BCUT2D eigenvalue weighted by Crippen LogP contribution is 2.15. The van der Waals surface area contributed by atoms with E-state index in [1.54, 1.807) is 0 Å². The van der Waals surface area contributed by atoms with Crippen LogP contribution in [-0.4, -0.2) is 67.5 Å². The molecule has 1 aliphatic heterocycles. The zero-order chi connectivity index (χ0) is 22.7. The van der Waals surface area contributed by atoms with Gasteiger partial charge in [-0.1, -0.05) is 42.5 Å². The van der Waals surface area contributed by atoms with E-state index in [-0.39, 0.29) is 0 Å². The van der Waals surface area contributed by atoms with Crippen LogP contribution in [0, 0.1) is 0 Å². The fourth-order valence-corrected chi connectivity index (χ4v) is 3.52. The Hall–Kier alpha value is -2.61. The van der Waals surface area contributed by atoms with Crippen LogP contribution in [0.2, 0.25) is 0 Å². The maximum absolute atomic E-state index is 10.8. The van der Waals surface area contributed by atoms with E-state index in [2.05, 4.69) is 32.7 Å². The number of ether oxygens (including phenoxy) is 2. The minimum atomic E-state index is -0.856. The van der Waals surface area contributed by atoms with Crippen LogP contribution in [0.1, 0.15) is 25.0 Å². The predicted octanol–water partition coefficient (Wildman–Crippen LogP) is 2.40. The van der Waals surface area contributed by atoms with Crippen molar-refractivity contribution in [3.63, 3.8) is 0 Å². The Kier molecular flexibility index (Phi) is 9.34. The first-order chi connectivity index (χ1) is 15.5. The van der Waals surface area contributed by atoms with Crippen molar-refractivity contribution in [2.75, 3.05) is 45.9 Å². The summed E-state index contributed by atoms with van der Waals surface area (Å²) < 4.78 is 11.2. The van der Waals surface area contributed by atoms with Crippen LogP contribution in [0.3, 0.4) is 0 Å². The maximum atomic E-state index is 10.8. The molecule has 2 aromatic carbocycles. The number of nitrogens with one attached hydrogen (secondary N) is 2. The largest absolute Gasteiger partial charge is 0.489 e. The summed E-state index contributed by atoms with van der Waals surface area (Å²) in [6.07, 6.45) is 0. The molecule has 0 amide bonds. The fraction of sp³-hybridized carbons (Fsp3) is 0.480. The summed E-state index contributed by atoms with van der Waals surface area (Å²) in [4.78, 5) is 6.90. The summed E-state index contributed by atoms with van der Waals surface area (Å²) in [7, 11) is 0. The van der Waals surface area contributed by atoms with Gasteiger partial charge in [0.1, 0.15) is 12.4 Å². The molecule has 0 bridgehead atoms. The van der Waals surface area contributed by atoms with Gasteiger partial charge in [0.2, 0.25) is 0 Å². The van der Waals surface area contributed by atoms with Crippen molar-refractivity contribution in [2.24, 2.45) is 4.99 Å². The lowest BCUT2D eigenvalue weighted by Crippen LogP contribution is -2.52. The van der Waals surface area contributed by atoms with Gasteiger partial charge in [0.25, 0.3) is 0 Å². The van der Waals surface area contributed by atoms with Gasteiger partial charge in [-0.2, -0.15) is 0 Å². The van der Waals surface area contributed by atoms with Crippen molar-refractivity contribution in [3.8, 4) is 5.75 Å². The van der Waals surface area contributed by atoms with E-state index in [1.807, 2.05) is 56.3 Å². The normalized spacial score (nSPS) is 16.9. The molecule has 1 fully saturated rings. The number of nitrogens with zero attached hydrogens (tertiary/aromatic N) is 2.